The summed E-state index contributed by atoms with van der Waals surface area (Å²) in [6, 6.07) is 5.66. The Labute approximate surface area is 177 Å². The summed E-state index contributed by atoms with van der Waals surface area (Å²) in [7, 11) is 0. The van der Waals surface area contributed by atoms with Gasteiger partial charge in [0.25, 0.3) is 0 Å². The number of fused-ring (bicyclic) bond motifs is 1. The Bertz CT molecular complexity index is 987. The number of anilines is 2. The van der Waals surface area contributed by atoms with E-state index in [1.807, 2.05) is 11.0 Å². The Kier molecular flexibility index (Phi) is 5.65. The van der Waals surface area contributed by atoms with Gasteiger partial charge in [0.15, 0.2) is 0 Å². The third kappa shape index (κ3) is 4.19. The molecule has 1 amide bonds. The molecule has 29 heavy (non-hydrogen) atoms. The lowest BCUT2D eigenvalue weighted by molar-refractivity contribution is -0.116. The number of hydrogen-bond acceptors (Lipinski definition) is 3. The van der Waals surface area contributed by atoms with Crippen molar-refractivity contribution in [2.24, 2.45) is 0 Å². The summed E-state index contributed by atoms with van der Waals surface area (Å²) < 4.78 is 34.2. The highest BCUT2D eigenvalue weighted by molar-refractivity contribution is 6.36. The van der Waals surface area contributed by atoms with Gasteiger partial charge in [-0.15, -0.1) is 0 Å². The smallest absolute Gasteiger partial charge is 0.224 e. The molecule has 0 saturated heterocycles. The standard InChI is InChI=1S/C21H18Cl2F2N2O2/c22-13-9-15(23)21(17(25)10-13)27-7-5-12(6-8-27)11-29-18-3-2-16(24)20-14(18)1-4-19(28)26-20/h2-3,5,9-10H,1,4,6-8,11H2,(H,26,28). The average molecular weight is 439 g/mol. The second kappa shape index (κ2) is 8.20. The summed E-state index contributed by atoms with van der Waals surface area (Å²) in [5, 5.41) is 3.11. The molecule has 2 heterocycles. The third-order valence-corrected chi connectivity index (χ3v) is 5.61. The molecule has 4 rings (SSSR count). The molecular formula is C21H18Cl2F2N2O2. The second-order valence-electron chi connectivity index (χ2n) is 7.01. The van der Waals surface area contributed by atoms with Crippen molar-refractivity contribution < 1.29 is 18.3 Å². The molecule has 0 bridgehead atoms. The minimum Gasteiger partial charge on any atom is -0.489 e. The van der Waals surface area contributed by atoms with Crippen molar-refractivity contribution in [3.8, 4) is 5.75 Å². The molecule has 2 aromatic rings. The molecule has 0 aromatic heterocycles. The molecule has 4 nitrogen and oxygen atoms in total. The zero-order chi connectivity index (χ0) is 20.5. The van der Waals surface area contributed by atoms with E-state index >= 15 is 0 Å². The topological polar surface area (TPSA) is 41.6 Å². The van der Waals surface area contributed by atoms with Gasteiger partial charge in [-0.3, -0.25) is 4.79 Å². The van der Waals surface area contributed by atoms with Crippen molar-refractivity contribution in [1.29, 1.82) is 0 Å². The van der Waals surface area contributed by atoms with E-state index in [2.05, 4.69) is 5.32 Å². The summed E-state index contributed by atoms with van der Waals surface area (Å²) >= 11 is 12.0. The van der Waals surface area contributed by atoms with Crippen molar-refractivity contribution in [3.05, 3.63) is 63.2 Å². The molecule has 2 aliphatic heterocycles. The van der Waals surface area contributed by atoms with Gasteiger partial charge in [-0.05, 0) is 42.7 Å². The highest BCUT2D eigenvalue weighted by Crippen LogP contribution is 2.35. The number of nitrogens with zero attached hydrogens (tertiary/aromatic N) is 1. The van der Waals surface area contributed by atoms with Crippen LogP contribution in [0.25, 0.3) is 0 Å². The molecule has 0 atom stereocenters. The number of hydrogen-bond donors (Lipinski definition) is 1. The number of halogens is 4. The summed E-state index contributed by atoms with van der Waals surface area (Å²) in [6.07, 6.45) is 3.40. The van der Waals surface area contributed by atoms with Crippen LogP contribution in [0, 0.1) is 11.6 Å². The fourth-order valence-electron chi connectivity index (χ4n) is 3.61. The summed E-state index contributed by atoms with van der Waals surface area (Å²) in [5.41, 5.74) is 2.29. The monoisotopic (exact) mass is 438 g/mol. The van der Waals surface area contributed by atoms with Crippen LogP contribution in [-0.2, 0) is 11.2 Å². The fourth-order valence-corrected chi connectivity index (χ4v) is 4.20. The zero-order valence-corrected chi connectivity index (χ0v) is 16.9. The number of rotatable bonds is 4. The van der Waals surface area contributed by atoms with Gasteiger partial charge in [0.1, 0.15) is 24.0 Å². The van der Waals surface area contributed by atoms with Crippen LogP contribution in [0.5, 0.6) is 5.75 Å². The van der Waals surface area contributed by atoms with E-state index < -0.39 is 11.6 Å². The van der Waals surface area contributed by atoms with Crippen LogP contribution in [0.15, 0.2) is 35.9 Å². The maximum atomic E-state index is 14.3. The van der Waals surface area contributed by atoms with Gasteiger partial charge < -0.3 is 15.0 Å². The predicted molar refractivity (Wildman–Crippen MR) is 110 cm³/mol. The van der Waals surface area contributed by atoms with Crippen LogP contribution < -0.4 is 15.0 Å². The van der Waals surface area contributed by atoms with Gasteiger partial charge in [-0.1, -0.05) is 29.3 Å². The minimum absolute atomic E-state index is 0.197. The van der Waals surface area contributed by atoms with Gasteiger partial charge in [0.2, 0.25) is 5.91 Å². The van der Waals surface area contributed by atoms with Crippen molar-refractivity contribution >= 4 is 40.5 Å². The van der Waals surface area contributed by atoms with Crippen LogP contribution in [0.3, 0.4) is 0 Å². The lowest BCUT2D eigenvalue weighted by atomic mass is 10.0. The van der Waals surface area contributed by atoms with Crippen LogP contribution in [-0.4, -0.2) is 25.6 Å². The highest BCUT2D eigenvalue weighted by atomic mass is 35.5. The maximum Gasteiger partial charge on any atom is 0.224 e. The van der Waals surface area contributed by atoms with Gasteiger partial charge in [-0.2, -0.15) is 0 Å². The molecule has 1 N–H and O–H groups in total. The SMILES string of the molecule is O=C1CCc2c(OCC3=CCN(c4c(F)cc(Cl)cc4Cl)CC3)ccc(F)c2N1. The van der Waals surface area contributed by atoms with E-state index in [1.54, 1.807) is 6.07 Å². The van der Waals surface area contributed by atoms with Crippen LogP contribution in [0.1, 0.15) is 18.4 Å². The first-order valence-corrected chi connectivity index (χ1v) is 9.99. The number of nitrogens with one attached hydrogen (secondary N) is 1. The molecule has 2 aliphatic rings. The lowest BCUT2D eigenvalue weighted by Crippen LogP contribution is -2.30. The second-order valence-corrected chi connectivity index (χ2v) is 7.86. The average Bonchev–Trinajstić information content (AvgIpc) is 2.68. The van der Waals surface area contributed by atoms with Gasteiger partial charge in [0.05, 0.1) is 16.4 Å². The molecule has 0 unspecified atom stereocenters. The van der Waals surface area contributed by atoms with Crippen molar-refractivity contribution in [2.45, 2.75) is 19.3 Å². The molecule has 0 spiro atoms. The molecular weight excluding hydrogens is 421 g/mol. The number of benzene rings is 2. The van der Waals surface area contributed by atoms with Crippen molar-refractivity contribution in [1.82, 2.24) is 0 Å². The van der Waals surface area contributed by atoms with Crippen LogP contribution in [0.2, 0.25) is 10.0 Å². The molecule has 0 fully saturated rings. The Morgan fingerprint density at radius 1 is 1.10 bits per heavy atom. The molecule has 8 heteroatoms. The number of amides is 1. The summed E-state index contributed by atoms with van der Waals surface area (Å²) in [5.74, 6) is -0.543. The number of ether oxygens (including phenoxy) is 1. The van der Waals surface area contributed by atoms with E-state index in [1.165, 1.54) is 18.2 Å². The van der Waals surface area contributed by atoms with Gasteiger partial charge in [-0.25, -0.2) is 8.78 Å². The van der Waals surface area contributed by atoms with Gasteiger partial charge in [0, 0.05) is 30.1 Å². The molecule has 0 radical (unpaired) electrons. The number of carbonyl (C=O) groups excluding carboxylic acids is 1. The fraction of sp³-hybridized carbons (Fsp3) is 0.286. The van der Waals surface area contributed by atoms with E-state index in [0.717, 1.165) is 5.57 Å². The van der Waals surface area contributed by atoms with E-state index in [9.17, 15) is 13.6 Å². The van der Waals surface area contributed by atoms with Gasteiger partial charge >= 0.3 is 0 Å². The van der Waals surface area contributed by atoms with E-state index in [0.29, 0.717) is 56.0 Å². The van der Waals surface area contributed by atoms with Crippen LogP contribution in [0.4, 0.5) is 20.2 Å². The Hall–Kier alpha value is -2.31. The molecule has 2 aromatic carbocycles. The first-order valence-electron chi connectivity index (χ1n) is 9.24. The van der Waals surface area contributed by atoms with Crippen molar-refractivity contribution in [2.75, 3.05) is 29.9 Å². The maximum absolute atomic E-state index is 14.3. The Balaban J connectivity index is 1.44. The summed E-state index contributed by atoms with van der Waals surface area (Å²) in [6.45, 7) is 1.43. The van der Waals surface area contributed by atoms with E-state index in [4.69, 9.17) is 27.9 Å². The Morgan fingerprint density at radius 2 is 1.93 bits per heavy atom. The molecule has 0 saturated carbocycles. The van der Waals surface area contributed by atoms with E-state index in [-0.39, 0.29) is 21.6 Å². The highest BCUT2D eigenvalue weighted by Gasteiger charge is 2.23. The zero-order valence-electron chi connectivity index (χ0n) is 15.4. The molecule has 152 valence electrons. The third-order valence-electron chi connectivity index (χ3n) is 5.10. The predicted octanol–water partition coefficient (Wildman–Crippen LogP) is 5.37. The number of carbonyl (C=O) groups is 1. The quantitative estimate of drug-likeness (QED) is 0.652. The van der Waals surface area contributed by atoms with Crippen LogP contribution >= 0.6 is 23.2 Å². The minimum atomic E-state index is -0.463. The summed E-state index contributed by atoms with van der Waals surface area (Å²) in [4.78, 5) is 13.4. The normalized spacial score (nSPS) is 16.2. The largest absolute Gasteiger partial charge is 0.489 e. The first kappa shape index (κ1) is 20.0. The lowest BCUT2D eigenvalue weighted by Gasteiger charge is -2.29. The van der Waals surface area contributed by atoms with Crippen molar-refractivity contribution in [3.63, 3.8) is 0 Å². The molecule has 0 aliphatic carbocycles. The first-order chi connectivity index (χ1) is 13.9. The Morgan fingerprint density at radius 3 is 2.66 bits per heavy atom.